The van der Waals surface area contributed by atoms with Crippen LogP contribution in [0.15, 0.2) is 30.5 Å². The average Bonchev–Trinajstić information content (AvgIpc) is 2.51. The predicted octanol–water partition coefficient (Wildman–Crippen LogP) is 3.04. The molecule has 2 aromatic rings. The first-order chi connectivity index (χ1) is 10.0. The molecule has 0 saturated heterocycles. The van der Waals surface area contributed by atoms with Gasteiger partial charge in [0.25, 0.3) is 0 Å². The van der Waals surface area contributed by atoms with E-state index in [0.29, 0.717) is 10.9 Å². The molecule has 2 N–H and O–H groups in total. The molecule has 0 unspecified atom stereocenters. The van der Waals surface area contributed by atoms with Crippen LogP contribution in [0.2, 0.25) is 0 Å². The molecule has 1 heterocycles. The fraction of sp³-hybridized carbons (Fsp3) is 0.400. The summed E-state index contributed by atoms with van der Waals surface area (Å²) < 4.78 is 5.66. The number of ether oxygens (including phenoxy) is 1. The summed E-state index contributed by atoms with van der Waals surface area (Å²) in [5, 5.41) is 11.8. The lowest BCUT2D eigenvalue weighted by molar-refractivity contribution is -0.384. The lowest BCUT2D eigenvalue weighted by Crippen LogP contribution is -2.44. The molecule has 0 bridgehead atoms. The summed E-state index contributed by atoms with van der Waals surface area (Å²) in [6.07, 6.45) is 3.09. The number of nitro benzene ring substituents is 1. The Hall–Kier alpha value is -2.21. The van der Waals surface area contributed by atoms with Gasteiger partial charge in [-0.15, -0.1) is 0 Å². The third kappa shape index (κ3) is 3.11. The van der Waals surface area contributed by atoms with Crippen molar-refractivity contribution >= 4 is 16.6 Å². The molecule has 112 valence electrons. The number of nitrogens with zero attached hydrogens (tertiary/aromatic N) is 2. The number of pyridine rings is 1. The van der Waals surface area contributed by atoms with Gasteiger partial charge < -0.3 is 10.5 Å². The highest BCUT2D eigenvalue weighted by molar-refractivity contribution is 5.90. The Balaban J connectivity index is 2.40. The molecule has 21 heavy (non-hydrogen) atoms. The van der Waals surface area contributed by atoms with Crippen molar-refractivity contribution in [2.45, 2.75) is 32.2 Å². The fourth-order valence-corrected chi connectivity index (χ4v) is 2.10. The Morgan fingerprint density at radius 2 is 2.05 bits per heavy atom. The number of nitrogens with two attached hydrogens (primary N) is 1. The minimum atomic E-state index is -0.474. The molecule has 0 aliphatic heterocycles. The maximum absolute atomic E-state index is 11.4. The fourth-order valence-electron chi connectivity index (χ4n) is 2.10. The summed E-state index contributed by atoms with van der Waals surface area (Å²) in [6.45, 7) is 4.20. The van der Waals surface area contributed by atoms with Crippen LogP contribution in [-0.4, -0.2) is 22.1 Å². The van der Waals surface area contributed by atoms with Gasteiger partial charge in [0.15, 0.2) is 5.75 Å². The Morgan fingerprint density at radius 1 is 1.33 bits per heavy atom. The minimum absolute atomic E-state index is 0.0600. The van der Waals surface area contributed by atoms with Gasteiger partial charge in [0.05, 0.1) is 15.8 Å². The van der Waals surface area contributed by atoms with Gasteiger partial charge in [-0.2, -0.15) is 0 Å². The first kappa shape index (κ1) is 15.2. The molecular formula is C15H19N3O3. The van der Waals surface area contributed by atoms with Crippen molar-refractivity contribution in [3.8, 4) is 5.75 Å². The highest BCUT2D eigenvalue weighted by atomic mass is 16.6. The molecule has 0 aliphatic rings. The molecule has 1 aromatic carbocycles. The number of aromatic nitrogens is 1. The second-order valence-electron chi connectivity index (χ2n) is 5.10. The van der Waals surface area contributed by atoms with E-state index in [1.807, 2.05) is 13.8 Å². The summed E-state index contributed by atoms with van der Waals surface area (Å²) in [5.41, 5.74) is 6.21. The van der Waals surface area contributed by atoms with Crippen LogP contribution in [-0.2, 0) is 0 Å². The van der Waals surface area contributed by atoms with Gasteiger partial charge in [0.1, 0.15) is 6.61 Å². The van der Waals surface area contributed by atoms with E-state index in [1.165, 1.54) is 0 Å². The molecule has 0 radical (unpaired) electrons. The lowest BCUT2D eigenvalue weighted by atomic mass is 9.95. The Kier molecular flexibility index (Phi) is 4.37. The van der Waals surface area contributed by atoms with Gasteiger partial charge in [0, 0.05) is 11.7 Å². The van der Waals surface area contributed by atoms with Crippen LogP contribution in [0.25, 0.3) is 10.9 Å². The number of hydrogen-bond acceptors (Lipinski definition) is 5. The van der Waals surface area contributed by atoms with Gasteiger partial charge in [0.2, 0.25) is 0 Å². The maximum Gasteiger partial charge on any atom is 0.320 e. The zero-order valence-electron chi connectivity index (χ0n) is 12.2. The Bertz CT molecular complexity index is 654. The number of fused-ring (bicyclic) bond motifs is 1. The average molecular weight is 289 g/mol. The molecule has 0 fully saturated rings. The maximum atomic E-state index is 11.4. The molecule has 6 heteroatoms. The van der Waals surface area contributed by atoms with Gasteiger partial charge in [-0.25, -0.2) is 0 Å². The van der Waals surface area contributed by atoms with Crippen LogP contribution in [0.1, 0.15) is 26.7 Å². The quantitative estimate of drug-likeness (QED) is 0.652. The summed E-state index contributed by atoms with van der Waals surface area (Å²) >= 11 is 0. The van der Waals surface area contributed by atoms with E-state index in [0.717, 1.165) is 12.8 Å². The van der Waals surface area contributed by atoms with Crippen molar-refractivity contribution in [2.24, 2.45) is 5.73 Å². The summed E-state index contributed by atoms with van der Waals surface area (Å²) in [6, 6.07) is 6.64. The van der Waals surface area contributed by atoms with Crippen LogP contribution >= 0.6 is 0 Å². The normalized spacial score (nSPS) is 11.6. The van der Waals surface area contributed by atoms with E-state index in [4.69, 9.17) is 10.5 Å². The first-order valence-corrected chi connectivity index (χ1v) is 6.94. The van der Waals surface area contributed by atoms with E-state index in [-0.39, 0.29) is 18.0 Å². The van der Waals surface area contributed by atoms with E-state index < -0.39 is 10.5 Å². The van der Waals surface area contributed by atoms with E-state index in [2.05, 4.69) is 4.98 Å². The van der Waals surface area contributed by atoms with Crippen molar-refractivity contribution in [1.82, 2.24) is 4.98 Å². The molecule has 0 atom stereocenters. The lowest BCUT2D eigenvalue weighted by Gasteiger charge is -2.26. The van der Waals surface area contributed by atoms with Crippen LogP contribution in [0.4, 0.5) is 5.69 Å². The van der Waals surface area contributed by atoms with Crippen LogP contribution < -0.4 is 10.5 Å². The summed E-state index contributed by atoms with van der Waals surface area (Å²) in [5.74, 6) is 0.234. The molecular weight excluding hydrogens is 270 g/mol. The van der Waals surface area contributed by atoms with Crippen molar-refractivity contribution in [2.75, 3.05) is 6.61 Å². The second kappa shape index (κ2) is 6.05. The number of hydrogen-bond donors (Lipinski definition) is 1. The summed E-state index contributed by atoms with van der Waals surface area (Å²) in [7, 11) is 0. The highest BCUT2D eigenvalue weighted by Crippen LogP contribution is 2.34. The molecule has 0 aliphatic carbocycles. The van der Waals surface area contributed by atoms with Crippen molar-refractivity contribution < 1.29 is 9.66 Å². The van der Waals surface area contributed by atoms with Crippen LogP contribution in [0.3, 0.4) is 0 Å². The Labute approximate surface area is 123 Å². The SMILES string of the molecule is CCC(N)(CC)COc1ccc2ncccc2c1[N+](=O)[O-]. The highest BCUT2D eigenvalue weighted by Gasteiger charge is 2.25. The predicted molar refractivity (Wildman–Crippen MR) is 81.4 cm³/mol. The largest absolute Gasteiger partial charge is 0.485 e. The monoisotopic (exact) mass is 289 g/mol. The van der Waals surface area contributed by atoms with Crippen molar-refractivity contribution in [1.29, 1.82) is 0 Å². The van der Waals surface area contributed by atoms with E-state index >= 15 is 0 Å². The standard InChI is InChI=1S/C15H19N3O3/c1-3-15(16,4-2)10-21-13-8-7-12-11(6-5-9-17-12)14(13)18(19)20/h5-9H,3-4,10,16H2,1-2H3. The smallest absolute Gasteiger partial charge is 0.320 e. The van der Waals surface area contributed by atoms with Crippen LogP contribution in [0, 0.1) is 10.1 Å². The number of rotatable bonds is 6. The first-order valence-electron chi connectivity index (χ1n) is 6.94. The number of benzene rings is 1. The molecule has 1 aromatic heterocycles. The molecule has 6 nitrogen and oxygen atoms in total. The van der Waals surface area contributed by atoms with Gasteiger partial charge in [-0.05, 0) is 37.1 Å². The Morgan fingerprint density at radius 3 is 2.67 bits per heavy atom. The topological polar surface area (TPSA) is 91.3 Å². The van der Waals surface area contributed by atoms with E-state index in [1.54, 1.807) is 30.5 Å². The van der Waals surface area contributed by atoms with Crippen molar-refractivity contribution in [3.05, 3.63) is 40.6 Å². The van der Waals surface area contributed by atoms with Gasteiger partial charge in [-0.1, -0.05) is 13.8 Å². The van der Waals surface area contributed by atoms with Gasteiger partial charge in [-0.3, -0.25) is 15.1 Å². The second-order valence-corrected chi connectivity index (χ2v) is 5.10. The van der Waals surface area contributed by atoms with Crippen LogP contribution in [0.5, 0.6) is 5.75 Å². The molecule has 0 saturated carbocycles. The third-order valence-corrected chi connectivity index (χ3v) is 3.83. The van der Waals surface area contributed by atoms with Crippen molar-refractivity contribution in [3.63, 3.8) is 0 Å². The molecule has 0 spiro atoms. The van der Waals surface area contributed by atoms with Gasteiger partial charge >= 0.3 is 5.69 Å². The zero-order chi connectivity index (χ0) is 15.5. The third-order valence-electron chi connectivity index (χ3n) is 3.83. The summed E-state index contributed by atoms with van der Waals surface area (Å²) in [4.78, 5) is 15.1. The number of nitro groups is 1. The molecule has 2 rings (SSSR count). The molecule has 0 amide bonds. The minimum Gasteiger partial charge on any atom is -0.485 e. The zero-order valence-corrected chi connectivity index (χ0v) is 12.2. The van der Waals surface area contributed by atoms with E-state index in [9.17, 15) is 10.1 Å².